The average Bonchev–Trinajstić information content (AvgIpc) is 2.81. The minimum Gasteiger partial charge on any atom is -0.377 e. The highest BCUT2D eigenvalue weighted by Crippen LogP contribution is 2.32. The molecule has 1 aromatic carbocycles. The van der Waals surface area contributed by atoms with Gasteiger partial charge in [-0.05, 0) is 24.8 Å². The zero-order valence-corrected chi connectivity index (χ0v) is 12.5. The Morgan fingerprint density at radius 2 is 2.14 bits per heavy atom. The average molecular weight is 289 g/mol. The van der Waals surface area contributed by atoms with Crippen molar-refractivity contribution in [3.8, 4) is 0 Å². The summed E-state index contributed by atoms with van der Waals surface area (Å²) in [6, 6.07) is 10.4. The molecule has 21 heavy (non-hydrogen) atoms. The third-order valence-corrected chi connectivity index (χ3v) is 4.62. The Hall–Kier alpha value is -1.39. The van der Waals surface area contributed by atoms with Crippen LogP contribution in [0.1, 0.15) is 24.8 Å². The van der Waals surface area contributed by atoms with E-state index >= 15 is 0 Å². The fourth-order valence-corrected chi connectivity index (χ4v) is 3.55. The van der Waals surface area contributed by atoms with E-state index in [1.54, 1.807) is 7.11 Å². The van der Waals surface area contributed by atoms with E-state index in [1.807, 2.05) is 23.1 Å². The van der Waals surface area contributed by atoms with Crippen LogP contribution < -0.4 is 0 Å². The van der Waals surface area contributed by atoms with Crippen LogP contribution in [0.2, 0.25) is 0 Å². The molecule has 1 amide bonds. The second-order valence-corrected chi connectivity index (χ2v) is 5.83. The molecule has 1 aliphatic carbocycles. The van der Waals surface area contributed by atoms with E-state index in [0.29, 0.717) is 19.6 Å². The summed E-state index contributed by atoms with van der Waals surface area (Å²) in [6.07, 6.45) is 3.53. The van der Waals surface area contributed by atoms with Gasteiger partial charge in [0.05, 0.1) is 18.8 Å². The van der Waals surface area contributed by atoms with Gasteiger partial charge in [0.15, 0.2) is 0 Å². The fraction of sp³-hybridized carbons (Fsp3) is 0.588. The third kappa shape index (κ3) is 3.11. The number of hydrogen-bond acceptors (Lipinski definition) is 3. The molecular formula is C17H23NO3. The van der Waals surface area contributed by atoms with Crippen molar-refractivity contribution < 1.29 is 14.3 Å². The molecule has 2 fully saturated rings. The number of carbonyl (C=O) groups is 1. The van der Waals surface area contributed by atoms with E-state index in [4.69, 9.17) is 9.47 Å². The Morgan fingerprint density at radius 1 is 1.33 bits per heavy atom. The number of nitrogens with zero attached hydrogens (tertiary/aromatic N) is 1. The van der Waals surface area contributed by atoms with Gasteiger partial charge in [-0.25, -0.2) is 0 Å². The van der Waals surface area contributed by atoms with Crippen LogP contribution in [-0.2, 0) is 20.7 Å². The smallest absolute Gasteiger partial charge is 0.223 e. The van der Waals surface area contributed by atoms with E-state index in [2.05, 4.69) is 12.1 Å². The summed E-state index contributed by atoms with van der Waals surface area (Å²) in [7, 11) is 1.72. The number of benzene rings is 1. The molecule has 0 unspecified atom stereocenters. The van der Waals surface area contributed by atoms with Crippen LogP contribution in [0.25, 0.3) is 0 Å². The Labute approximate surface area is 126 Å². The van der Waals surface area contributed by atoms with Gasteiger partial charge in [0.2, 0.25) is 5.91 Å². The van der Waals surface area contributed by atoms with Crippen molar-refractivity contribution in [3.63, 3.8) is 0 Å². The number of fused-ring (bicyclic) bond motifs is 2. The van der Waals surface area contributed by atoms with Gasteiger partial charge in [0.1, 0.15) is 6.10 Å². The molecule has 3 rings (SSSR count). The molecule has 114 valence electrons. The summed E-state index contributed by atoms with van der Waals surface area (Å²) in [5.41, 5.74) is 1.21. The quantitative estimate of drug-likeness (QED) is 0.851. The van der Waals surface area contributed by atoms with E-state index in [1.165, 1.54) is 5.56 Å². The van der Waals surface area contributed by atoms with Crippen molar-refractivity contribution in [3.05, 3.63) is 35.9 Å². The van der Waals surface area contributed by atoms with E-state index in [9.17, 15) is 4.79 Å². The molecule has 1 heterocycles. The minimum atomic E-state index is 0.0353. The lowest BCUT2D eigenvalue weighted by molar-refractivity contribution is -0.135. The highest BCUT2D eigenvalue weighted by Gasteiger charge is 2.43. The van der Waals surface area contributed by atoms with Crippen molar-refractivity contribution in [1.29, 1.82) is 0 Å². The fourth-order valence-electron chi connectivity index (χ4n) is 3.55. The van der Waals surface area contributed by atoms with Crippen LogP contribution in [0.15, 0.2) is 30.3 Å². The Bertz CT molecular complexity index is 476. The maximum absolute atomic E-state index is 12.6. The lowest BCUT2D eigenvalue weighted by Crippen LogP contribution is -2.46. The topological polar surface area (TPSA) is 38.8 Å². The predicted molar refractivity (Wildman–Crippen MR) is 80.0 cm³/mol. The summed E-state index contributed by atoms with van der Waals surface area (Å²) >= 11 is 0. The van der Waals surface area contributed by atoms with Gasteiger partial charge in [-0.15, -0.1) is 0 Å². The lowest BCUT2D eigenvalue weighted by atomic mass is 10.1. The first kappa shape index (κ1) is 14.5. The monoisotopic (exact) mass is 289 g/mol. The van der Waals surface area contributed by atoms with Crippen molar-refractivity contribution >= 4 is 5.91 Å². The summed E-state index contributed by atoms with van der Waals surface area (Å²) in [4.78, 5) is 14.6. The molecule has 4 nitrogen and oxygen atoms in total. The van der Waals surface area contributed by atoms with Crippen LogP contribution >= 0.6 is 0 Å². The number of rotatable bonds is 4. The number of amides is 1. The van der Waals surface area contributed by atoms with E-state index in [0.717, 1.165) is 19.3 Å². The Kier molecular flexibility index (Phi) is 4.56. The lowest BCUT2D eigenvalue weighted by Gasteiger charge is -2.30. The molecule has 3 atom stereocenters. The van der Waals surface area contributed by atoms with Crippen LogP contribution in [0.5, 0.6) is 0 Å². The molecule has 1 saturated heterocycles. The summed E-state index contributed by atoms with van der Waals surface area (Å²) < 4.78 is 11.4. The van der Waals surface area contributed by atoms with Gasteiger partial charge in [0.25, 0.3) is 0 Å². The molecule has 1 aromatic rings. The molecular weight excluding hydrogens is 266 g/mol. The van der Waals surface area contributed by atoms with Gasteiger partial charge in [-0.2, -0.15) is 0 Å². The van der Waals surface area contributed by atoms with Crippen LogP contribution in [0, 0.1) is 0 Å². The molecule has 0 N–H and O–H groups in total. The van der Waals surface area contributed by atoms with Crippen LogP contribution in [0.3, 0.4) is 0 Å². The standard InChI is InChI=1S/C17H23NO3/c1-20-17-14-8-9-15(17)21-12-11-18(14)16(19)10-7-13-5-3-2-4-6-13/h2-6,14-15,17H,7-12H2,1H3/t14-,15-,17+/m1/s1. The van der Waals surface area contributed by atoms with Gasteiger partial charge in [-0.3, -0.25) is 4.79 Å². The predicted octanol–water partition coefficient (Wildman–Crippen LogP) is 2.02. The molecule has 1 saturated carbocycles. The zero-order chi connectivity index (χ0) is 14.7. The first-order chi connectivity index (χ1) is 10.3. The number of aryl methyl sites for hydroxylation is 1. The van der Waals surface area contributed by atoms with Crippen molar-refractivity contribution in [2.75, 3.05) is 20.3 Å². The molecule has 1 aliphatic heterocycles. The molecule has 2 bridgehead atoms. The van der Waals surface area contributed by atoms with Gasteiger partial charge in [-0.1, -0.05) is 30.3 Å². The maximum Gasteiger partial charge on any atom is 0.223 e. The molecule has 2 aliphatic rings. The van der Waals surface area contributed by atoms with Gasteiger partial charge < -0.3 is 14.4 Å². The summed E-state index contributed by atoms with van der Waals surface area (Å²) in [5.74, 6) is 0.219. The van der Waals surface area contributed by atoms with Crippen molar-refractivity contribution in [2.45, 2.75) is 43.9 Å². The van der Waals surface area contributed by atoms with Crippen molar-refractivity contribution in [2.24, 2.45) is 0 Å². The zero-order valence-electron chi connectivity index (χ0n) is 12.5. The van der Waals surface area contributed by atoms with Gasteiger partial charge >= 0.3 is 0 Å². The van der Waals surface area contributed by atoms with Crippen molar-refractivity contribution in [1.82, 2.24) is 4.90 Å². The molecule has 4 heteroatoms. The second kappa shape index (κ2) is 6.58. The number of hydrogen-bond donors (Lipinski definition) is 0. The third-order valence-electron chi connectivity index (χ3n) is 4.62. The van der Waals surface area contributed by atoms with Crippen LogP contribution in [0.4, 0.5) is 0 Å². The molecule has 0 radical (unpaired) electrons. The first-order valence-electron chi connectivity index (χ1n) is 7.77. The normalized spacial score (nSPS) is 28.4. The maximum atomic E-state index is 12.6. The Morgan fingerprint density at radius 3 is 2.90 bits per heavy atom. The van der Waals surface area contributed by atoms with E-state index in [-0.39, 0.29) is 24.2 Å². The molecule has 0 spiro atoms. The highest BCUT2D eigenvalue weighted by molar-refractivity contribution is 5.77. The summed E-state index contributed by atoms with van der Waals surface area (Å²) in [6.45, 7) is 1.31. The second-order valence-electron chi connectivity index (χ2n) is 5.83. The highest BCUT2D eigenvalue weighted by atomic mass is 16.5. The minimum absolute atomic E-state index is 0.0353. The number of methoxy groups -OCH3 is 1. The van der Waals surface area contributed by atoms with Gasteiger partial charge in [0, 0.05) is 20.1 Å². The number of carbonyl (C=O) groups excluding carboxylic acids is 1. The largest absolute Gasteiger partial charge is 0.377 e. The Balaban J connectivity index is 1.63. The SMILES string of the molecule is CO[C@H]1[C@H]2CC[C@H]1OCCN2C(=O)CCc1ccccc1. The summed E-state index contributed by atoms with van der Waals surface area (Å²) in [5, 5.41) is 0. The van der Waals surface area contributed by atoms with E-state index < -0.39 is 0 Å². The molecule has 0 aromatic heterocycles. The van der Waals surface area contributed by atoms with Crippen LogP contribution in [-0.4, -0.2) is 49.3 Å². The first-order valence-corrected chi connectivity index (χ1v) is 7.77. The number of ether oxygens (including phenoxy) is 2.